The number of thiocarbonyl (C=S) groups is 1. The molecule has 1 fully saturated rings. The second-order valence-corrected chi connectivity index (χ2v) is 9.50. The third-order valence-corrected chi connectivity index (χ3v) is 6.44. The van der Waals surface area contributed by atoms with E-state index in [1.807, 2.05) is 32.0 Å². The number of fused-ring (bicyclic) bond motifs is 1. The van der Waals surface area contributed by atoms with E-state index in [4.69, 9.17) is 22.1 Å². The Morgan fingerprint density at radius 2 is 1.94 bits per heavy atom. The van der Waals surface area contributed by atoms with E-state index in [9.17, 15) is 14.4 Å². The first-order valence-corrected chi connectivity index (χ1v) is 11.7. The van der Waals surface area contributed by atoms with Crippen LogP contribution >= 0.6 is 24.0 Å². The number of carbonyl (C=O) groups is 2. The number of hydrogen-bond acceptors (Lipinski definition) is 7. The number of benzene rings is 1. The molecule has 4 rings (SSSR count). The van der Waals surface area contributed by atoms with Gasteiger partial charge in [0.1, 0.15) is 21.3 Å². The van der Waals surface area contributed by atoms with Crippen LogP contribution in [0.1, 0.15) is 29.5 Å². The zero-order chi connectivity index (χ0) is 24.4. The molecule has 0 bridgehead atoms. The zero-order valence-corrected chi connectivity index (χ0v) is 20.1. The van der Waals surface area contributed by atoms with Crippen LogP contribution < -0.4 is 10.3 Å². The predicted octanol–water partition coefficient (Wildman–Crippen LogP) is 4.17. The van der Waals surface area contributed by atoms with Crippen LogP contribution in [0.4, 0.5) is 0 Å². The van der Waals surface area contributed by atoms with Gasteiger partial charge in [0.2, 0.25) is 5.88 Å². The molecule has 3 heterocycles. The Morgan fingerprint density at radius 1 is 1.21 bits per heavy atom. The van der Waals surface area contributed by atoms with Gasteiger partial charge in [0, 0.05) is 19.2 Å². The van der Waals surface area contributed by atoms with Crippen molar-refractivity contribution in [3.8, 4) is 11.6 Å². The van der Waals surface area contributed by atoms with E-state index in [-0.39, 0.29) is 47.2 Å². The Bertz CT molecular complexity index is 1390. The van der Waals surface area contributed by atoms with Gasteiger partial charge in [-0.25, -0.2) is 0 Å². The zero-order valence-electron chi connectivity index (χ0n) is 18.5. The van der Waals surface area contributed by atoms with E-state index in [2.05, 4.69) is 4.98 Å². The fourth-order valence-electron chi connectivity index (χ4n) is 3.60. The molecule has 1 N–H and O–H groups in total. The number of hydrogen-bond donors (Lipinski definition) is 1. The van der Waals surface area contributed by atoms with Crippen LogP contribution in [0.5, 0.6) is 11.6 Å². The first kappa shape index (κ1) is 23.7. The molecule has 1 aliphatic rings. The summed E-state index contributed by atoms with van der Waals surface area (Å²) in [6.45, 7) is 4.08. The van der Waals surface area contributed by atoms with Crippen molar-refractivity contribution in [2.24, 2.45) is 0 Å². The van der Waals surface area contributed by atoms with Gasteiger partial charge in [-0.2, -0.15) is 4.98 Å². The number of carbonyl (C=O) groups excluding carboxylic acids is 1. The molecular formula is C24H21N3O5S2. The smallest absolute Gasteiger partial charge is 0.303 e. The molecule has 1 amide bonds. The second-order valence-electron chi connectivity index (χ2n) is 7.82. The minimum atomic E-state index is -0.940. The topological polar surface area (TPSA) is 101 Å². The number of carboxylic acid groups (broad SMARTS) is 1. The van der Waals surface area contributed by atoms with Crippen LogP contribution in [-0.4, -0.2) is 42.1 Å². The molecule has 1 aromatic carbocycles. The second kappa shape index (κ2) is 9.78. The van der Waals surface area contributed by atoms with Crippen LogP contribution in [0.25, 0.3) is 11.7 Å². The van der Waals surface area contributed by atoms with E-state index >= 15 is 0 Å². The number of nitrogens with zero attached hydrogens (tertiary/aromatic N) is 3. The molecule has 0 atom stereocenters. The molecule has 0 aliphatic carbocycles. The van der Waals surface area contributed by atoms with Crippen molar-refractivity contribution in [3.05, 3.63) is 74.5 Å². The maximum atomic E-state index is 13.3. The van der Waals surface area contributed by atoms with E-state index in [0.29, 0.717) is 15.7 Å². The Morgan fingerprint density at radius 3 is 2.65 bits per heavy atom. The van der Waals surface area contributed by atoms with Crippen molar-refractivity contribution in [3.63, 3.8) is 0 Å². The Hall–Kier alpha value is -3.50. The molecule has 10 heteroatoms. The molecule has 0 radical (unpaired) electrons. The summed E-state index contributed by atoms with van der Waals surface area (Å²) in [5.41, 5.74) is 2.13. The Balaban J connectivity index is 1.76. The van der Waals surface area contributed by atoms with E-state index < -0.39 is 5.97 Å². The molecular weight excluding hydrogens is 474 g/mol. The van der Waals surface area contributed by atoms with Gasteiger partial charge in [-0.15, -0.1) is 0 Å². The van der Waals surface area contributed by atoms with Crippen molar-refractivity contribution < 1.29 is 19.4 Å². The number of aliphatic carboxylic acids is 1. The van der Waals surface area contributed by atoms with Crippen LogP contribution in [0, 0.1) is 13.8 Å². The largest absolute Gasteiger partial charge is 0.481 e. The summed E-state index contributed by atoms with van der Waals surface area (Å²) in [5.74, 6) is -0.711. The lowest BCUT2D eigenvalue weighted by molar-refractivity contribution is -0.137. The Labute approximate surface area is 204 Å². The normalized spacial score (nSPS) is 14.9. The van der Waals surface area contributed by atoms with Gasteiger partial charge in [-0.05, 0) is 61.7 Å². The van der Waals surface area contributed by atoms with Crippen LogP contribution in [0.15, 0.2) is 52.3 Å². The molecule has 0 saturated carbocycles. The number of ether oxygens (including phenoxy) is 1. The monoisotopic (exact) mass is 495 g/mol. The first-order valence-electron chi connectivity index (χ1n) is 10.5. The van der Waals surface area contributed by atoms with Crippen LogP contribution in [-0.2, 0) is 9.59 Å². The molecule has 2 aromatic heterocycles. The van der Waals surface area contributed by atoms with Gasteiger partial charge >= 0.3 is 5.97 Å². The molecule has 1 saturated heterocycles. The maximum Gasteiger partial charge on any atom is 0.303 e. The summed E-state index contributed by atoms with van der Waals surface area (Å²) < 4.78 is 7.74. The summed E-state index contributed by atoms with van der Waals surface area (Å²) in [5, 5.41) is 8.86. The highest BCUT2D eigenvalue weighted by Gasteiger charge is 2.32. The fourth-order valence-corrected chi connectivity index (χ4v) is 4.89. The number of carboxylic acids is 1. The van der Waals surface area contributed by atoms with Gasteiger partial charge in [0.05, 0.1) is 4.91 Å². The number of thioether (sulfide) groups is 1. The summed E-state index contributed by atoms with van der Waals surface area (Å²) in [4.78, 5) is 43.2. The van der Waals surface area contributed by atoms with Crippen LogP contribution in [0.2, 0.25) is 0 Å². The highest BCUT2D eigenvalue weighted by molar-refractivity contribution is 8.26. The highest BCUT2D eigenvalue weighted by Crippen LogP contribution is 2.34. The van der Waals surface area contributed by atoms with Crippen molar-refractivity contribution >= 4 is 51.9 Å². The van der Waals surface area contributed by atoms with Crippen molar-refractivity contribution in [1.29, 1.82) is 0 Å². The number of rotatable bonds is 7. The minimum absolute atomic E-state index is 0.0695. The average Bonchev–Trinajstić information content (AvgIpc) is 3.03. The number of amides is 1. The van der Waals surface area contributed by atoms with Crippen molar-refractivity contribution in [1.82, 2.24) is 14.3 Å². The maximum absolute atomic E-state index is 13.3. The van der Waals surface area contributed by atoms with E-state index in [1.54, 1.807) is 24.4 Å². The summed E-state index contributed by atoms with van der Waals surface area (Å²) in [7, 11) is 0. The third-order valence-electron chi connectivity index (χ3n) is 5.07. The lowest BCUT2D eigenvalue weighted by atomic mass is 10.1. The van der Waals surface area contributed by atoms with Gasteiger partial charge in [0.25, 0.3) is 11.5 Å². The minimum Gasteiger partial charge on any atom is -0.481 e. The van der Waals surface area contributed by atoms with E-state index in [1.165, 1.54) is 15.4 Å². The highest BCUT2D eigenvalue weighted by atomic mass is 32.2. The SMILES string of the molecule is Cc1cc(C)cc(Oc2nc3ccccn3c(=O)c2/C=C2/SC(=S)N(CCCC(=O)O)C2=O)c1. The molecule has 0 spiro atoms. The average molecular weight is 496 g/mol. The standard InChI is InChI=1S/C24H21N3O5S2/c1-14-10-15(2)12-16(11-14)32-21-17(22(30)26-8-4-3-6-19(26)25-21)13-18-23(31)27(24(33)34-18)9-5-7-20(28)29/h3-4,6,8,10-13H,5,7,9H2,1-2H3,(H,28,29)/b18-13+. The molecule has 1 aliphatic heterocycles. The van der Waals surface area contributed by atoms with Gasteiger partial charge in [-0.1, -0.05) is 36.1 Å². The summed E-state index contributed by atoms with van der Waals surface area (Å²) >= 11 is 6.38. The van der Waals surface area contributed by atoms with Crippen molar-refractivity contribution in [2.75, 3.05) is 6.54 Å². The quantitative estimate of drug-likeness (QED) is 0.385. The Kier molecular flexibility index (Phi) is 6.80. The summed E-state index contributed by atoms with van der Waals surface area (Å²) in [6.07, 6.45) is 3.25. The number of pyridine rings is 1. The van der Waals surface area contributed by atoms with Crippen LogP contribution in [0.3, 0.4) is 0 Å². The first-order chi connectivity index (χ1) is 16.2. The molecule has 8 nitrogen and oxygen atoms in total. The molecule has 0 unspecified atom stereocenters. The third kappa shape index (κ3) is 5.02. The predicted molar refractivity (Wildman–Crippen MR) is 134 cm³/mol. The lowest BCUT2D eigenvalue weighted by Crippen LogP contribution is -2.29. The van der Waals surface area contributed by atoms with Gasteiger partial charge in [-0.3, -0.25) is 23.7 Å². The van der Waals surface area contributed by atoms with Gasteiger partial charge in [0.15, 0.2) is 0 Å². The van der Waals surface area contributed by atoms with E-state index in [0.717, 1.165) is 22.9 Å². The molecule has 34 heavy (non-hydrogen) atoms. The lowest BCUT2D eigenvalue weighted by Gasteiger charge is -2.13. The summed E-state index contributed by atoms with van der Waals surface area (Å²) in [6, 6.07) is 10.9. The van der Waals surface area contributed by atoms with Gasteiger partial charge < -0.3 is 9.84 Å². The number of aromatic nitrogens is 2. The number of aryl methyl sites for hydroxylation is 2. The van der Waals surface area contributed by atoms with Crippen molar-refractivity contribution in [2.45, 2.75) is 26.7 Å². The fraction of sp³-hybridized carbons (Fsp3) is 0.208. The molecule has 3 aromatic rings. The molecule has 174 valence electrons.